The standard InChI is InChI=1S/C27H26FNO/c1-4-17-11-12-29-23-15-21(28)14-22(16(2)3)24(23)25(26(17)29)27(30)20-10-9-18-7-5-6-8-19(18)13-20/h5-10,13-17H,4,11-12H2,1-3H3. The highest BCUT2D eigenvalue weighted by Gasteiger charge is 2.33. The highest BCUT2D eigenvalue weighted by Crippen LogP contribution is 2.43. The minimum atomic E-state index is -0.226. The first-order valence-electron chi connectivity index (χ1n) is 10.9. The Morgan fingerprint density at radius 2 is 1.87 bits per heavy atom. The molecule has 0 saturated carbocycles. The van der Waals surface area contributed by atoms with Gasteiger partial charge in [0.05, 0.1) is 11.1 Å². The van der Waals surface area contributed by atoms with Gasteiger partial charge < -0.3 is 4.57 Å². The summed E-state index contributed by atoms with van der Waals surface area (Å²) in [5.41, 5.74) is 4.37. The van der Waals surface area contributed by atoms with Gasteiger partial charge in [-0.25, -0.2) is 4.39 Å². The zero-order chi connectivity index (χ0) is 21.0. The molecule has 3 aromatic carbocycles. The van der Waals surface area contributed by atoms with Crippen LogP contribution in [0.5, 0.6) is 0 Å². The van der Waals surface area contributed by atoms with E-state index in [4.69, 9.17) is 0 Å². The summed E-state index contributed by atoms with van der Waals surface area (Å²) in [6, 6.07) is 17.3. The molecule has 30 heavy (non-hydrogen) atoms. The predicted octanol–water partition coefficient (Wildman–Crippen LogP) is 7.19. The van der Waals surface area contributed by atoms with Gasteiger partial charge in [-0.05, 0) is 53.3 Å². The number of fused-ring (bicyclic) bond motifs is 4. The van der Waals surface area contributed by atoms with Crippen molar-refractivity contribution in [2.45, 2.75) is 52.0 Å². The number of nitrogens with zero attached hydrogens (tertiary/aromatic N) is 1. The van der Waals surface area contributed by atoms with Crippen LogP contribution >= 0.6 is 0 Å². The Morgan fingerprint density at radius 3 is 2.60 bits per heavy atom. The largest absolute Gasteiger partial charge is 0.343 e. The van der Waals surface area contributed by atoms with Crippen molar-refractivity contribution < 1.29 is 9.18 Å². The fraction of sp³-hybridized carbons (Fsp3) is 0.296. The van der Waals surface area contributed by atoms with Crippen LogP contribution in [0.1, 0.15) is 72.6 Å². The molecule has 4 aromatic rings. The summed E-state index contributed by atoms with van der Waals surface area (Å²) in [5, 5.41) is 3.13. The summed E-state index contributed by atoms with van der Waals surface area (Å²) in [4.78, 5) is 13.9. The molecule has 0 spiro atoms. The summed E-state index contributed by atoms with van der Waals surface area (Å²) < 4.78 is 16.7. The third-order valence-corrected chi connectivity index (χ3v) is 6.64. The first kappa shape index (κ1) is 19.0. The molecule has 0 N–H and O–H groups in total. The molecule has 0 bridgehead atoms. The van der Waals surface area contributed by atoms with Crippen molar-refractivity contribution in [3.05, 3.63) is 82.8 Å². The molecular formula is C27H26FNO. The van der Waals surface area contributed by atoms with Gasteiger partial charge in [-0.2, -0.15) is 0 Å². The normalized spacial score (nSPS) is 16.0. The Hall–Kier alpha value is -2.94. The lowest BCUT2D eigenvalue weighted by atomic mass is 9.88. The van der Waals surface area contributed by atoms with E-state index in [1.807, 2.05) is 36.4 Å². The first-order valence-corrected chi connectivity index (χ1v) is 10.9. The minimum absolute atomic E-state index is 0.0494. The average molecular weight is 400 g/mol. The molecule has 152 valence electrons. The van der Waals surface area contributed by atoms with Gasteiger partial charge in [-0.3, -0.25) is 4.79 Å². The molecule has 0 fully saturated rings. The van der Waals surface area contributed by atoms with Crippen LogP contribution in [0.25, 0.3) is 21.7 Å². The molecule has 0 radical (unpaired) electrons. The van der Waals surface area contributed by atoms with Gasteiger partial charge in [0.2, 0.25) is 0 Å². The SMILES string of the molecule is CCC1CCn2c1c(C(=O)c1ccc3ccccc3c1)c1c(C(C)C)cc(F)cc12. The summed E-state index contributed by atoms with van der Waals surface area (Å²) in [6.07, 6.45) is 1.99. The number of carbonyl (C=O) groups is 1. The Bertz CT molecular complexity index is 1300. The van der Waals surface area contributed by atoms with E-state index in [9.17, 15) is 9.18 Å². The summed E-state index contributed by atoms with van der Waals surface area (Å²) in [6.45, 7) is 7.15. The van der Waals surface area contributed by atoms with Crippen molar-refractivity contribution in [1.29, 1.82) is 0 Å². The van der Waals surface area contributed by atoms with Crippen LogP contribution < -0.4 is 0 Å². The molecular weight excluding hydrogens is 373 g/mol. The Morgan fingerprint density at radius 1 is 1.10 bits per heavy atom. The molecule has 2 nitrogen and oxygen atoms in total. The van der Waals surface area contributed by atoms with E-state index in [0.717, 1.165) is 57.9 Å². The first-order chi connectivity index (χ1) is 14.5. The quantitative estimate of drug-likeness (QED) is 0.333. The molecule has 1 aromatic heterocycles. The fourth-order valence-electron chi connectivity index (χ4n) is 5.14. The van der Waals surface area contributed by atoms with Crippen LogP contribution in [-0.4, -0.2) is 10.4 Å². The third-order valence-electron chi connectivity index (χ3n) is 6.64. The number of benzene rings is 3. The maximum Gasteiger partial charge on any atom is 0.195 e. The molecule has 1 aliphatic heterocycles. The van der Waals surface area contributed by atoms with Crippen LogP contribution in [0.3, 0.4) is 0 Å². The van der Waals surface area contributed by atoms with Gasteiger partial charge in [0.15, 0.2) is 5.78 Å². The zero-order valence-corrected chi connectivity index (χ0v) is 17.7. The molecule has 0 aliphatic carbocycles. The van der Waals surface area contributed by atoms with E-state index >= 15 is 0 Å². The molecule has 0 amide bonds. The van der Waals surface area contributed by atoms with E-state index in [0.29, 0.717) is 11.5 Å². The summed E-state index contributed by atoms with van der Waals surface area (Å²) in [5.74, 6) is 0.291. The number of hydrogen-bond donors (Lipinski definition) is 0. The van der Waals surface area contributed by atoms with Gasteiger partial charge in [-0.1, -0.05) is 57.2 Å². The summed E-state index contributed by atoms with van der Waals surface area (Å²) in [7, 11) is 0. The van der Waals surface area contributed by atoms with Crippen LogP contribution in [-0.2, 0) is 6.54 Å². The van der Waals surface area contributed by atoms with Gasteiger partial charge in [0, 0.05) is 29.1 Å². The monoisotopic (exact) mass is 399 g/mol. The van der Waals surface area contributed by atoms with Crippen molar-refractivity contribution >= 4 is 27.5 Å². The Balaban J connectivity index is 1.81. The molecule has 3 heteroatoms. The smallest absolute Gasteiger partial charge is 0.195 e. The molecule has 5 rings (SSSR count). The van der Waals surface area contributed by atoms with E-state index in [1.54, 1.807) is 12.1 Å². The van der Waals surface area contributed by atoms with Crippen molar-refractivity contribution in [2.24, 2.45) is 0 Å². The molecule has 1 aliphatic rings. The Labute approximate surface area is 176 Å². The minimum Gasteiger partial charge on any atom is -0.343 e. The number of carbonyl (C=O) groups excluding carboxylic acids is 1. The highest BCUT2D eigenvalue weighted by atomic mass is 19.1. The van der Waals surface area contributed by atoms with Crippen LogP contribution in [0, 0.1) is 5.82 Å². The van der Waals surface area contributed by atoms with Crippen LogP contribution in [0.2, 0.25) is 0 Å². The fourth-order valence-corrected chi connectivity index (χ4v) is 5.14. The number of ketones is 1. The average Bonchev–Trinajstić information content (AvgIpc) is 3.30. The van der Waals surface area contributed by atoms with Crippen molar-refractivity contribution in [3.63, 3.8) is 0 Å². The number of aromatic nitrogens is 1. The van der Waals surface area contributed by atoms with Gasteiger partial charge in [0.25, 0.3) is 0 Å². The number of rotatable bonds is 4. The molecule has 1 atom stereocenters. The van der Waals surface area contributed by atoms with Gasteiger partial charge in [-0.15, -0.1) is 0 Å². The second kappa shape index (κ2) is 7.09. The lowest BCUT2D eigenvalue weighted by Crippen LogP contribution is -2.07. The second-order valence-corrected chi connectivity index (χ2v) is 8.74. The van der Waals surface area contributed by atoms with E-state index in [-0.39, 0.29) is 17.5 Å². The zero-order valence-electron chi connectivity index (χ0n) is 17.7. The molecule has 0 saturated heterocycles. The maximum atomic E-state index is 14.5. The van der Waals surface area contributed by atoms with E-state index < -0.39 is 0 Å². The number of aryl methyl sites for hydroxylation is 1. The van der Waals surface area contributed by atoms with Crippen LogP contribution in [0.15, 0.2) is 54.6 Å². The van der Waals surface area contributed by atoms with Gasteiger partial charge in [0.1, 0.15) is 5.82 Å². The summed E-state index contributed by atoms with van der Waals surface area (Å²) >= 11 is 0. The predicted molar refractivity (Wildman–Crippen MR) is 121 cm³/mol. The van der Waals surface area contributed by atoms with Gasteiger partial charge >= 0.3 is 0 Å². The lowest BCUT2D eigenvalue weighted by molar-refractivity contribution is 0.103. The second-order valence-electron chi connectivity index (χ2n) is 8.74. The van der Waals surface area contributed by atoms with E-state index in [2.05, 4.69) is 31.4 Å². The number of halogens is 1. The van der Waals surface area contributed by atoms with Crippen molar-refractivity contribution in [1.82, 2.24) is 4.57 Å². The topological polar surface area (TPSA) is 22.0 Å². The van der Waals surface area contributed by atoms with E-state index in [1.165, 1.54) is 0 Å². The Kier molecular flexibility index (Phi) is 4.50. The van der Waals surface area contributed by atoms with Crippen molar-refractivity contribution in [3.8, 4) is 0 Å². The lowest BCUT2D eigenvalue weighted by Gasteiger charge is -2.13. The maximum absolute atomic E-state index is 14.5. The molecule has 1 unspecified atom stereocenters. The van der Waals surface area contributed by atoms with Crippen LogP contribution in [0.4, 0.5) is 4.39 Å². The van der Waals surface area contributed by atoms with Crippen molar-refractivity contribution in [2.75, 3.05) is 0 Å². The third kappa shape index (κ3) is 2.79. The molecule has 2 heterocycles. The highest BCUT2D eigenvalue weighted by molar-refractivity contribution is 6.19. The number of hydrogen-bond acceptors (Lipinski definition) is 1.